The molecule has 0 fully saturated rings. The van der Waals surface area contributed by atoms with E-state index in [0.717, 1.165) is 4.88 Å². The van der Waals surface area contributed by atoms with Gasteiger partial charge >= 0.3 is 0 Å². The van der Waals surface area contributed by atoms with Crippen LogP contribution in [-0.2, 0) is 0 Å². The number of nitrogens with zero attached hydrogens (tertiary/aromatic N) is 1. The van der Waals surface area contributed by atoms with Gasteiger partial charge in [0.15, 0.2) is 0 Å². The van der Waals surface area contributed by atoms with Crippen molar-refractivity contribution >= 4 is 28.9 Å². The van der Waals surface area contributed by atoms with E-state index >= 15 is 0 Å². The zero-order chi connectivity index (χ0) is 10.1. The maximum absolute atomic E-state index is 10.4. The van der Waals surface area contributed by atoms with Crippen molar-refractivity contribution in [1.82, 2.24) is 10.2 Å². The van der Waals surface area contributed by atoms with Gasteiger partial charge in [-0.05, 0) is 18.2 Å². The average Bonchev–Trinajstić information content (AvgIpc) is 2.70. The van der Waals surface area contributed by atoms with Crippen LogP contribution in [0.5, 0.6) is 0 Å². The fraction of sp³-hybridized carbons (Fsp3) is 0. The van der Waals surface area contributed by atoms with Gasteiger partial charge in [-0.15, -0.1) is 11.3 Å². The van der Waals surface area contributed by atoms with E-state index in [0.29, 0.717) is 10.0 Å². The molecule has 0 aliphatic carbocycles. The number of rotatable bonds is 2. The lowest BCUT2D eigenvalue weighted by atomic mass is 10.3. The Bertz CT molecular complexity index is 477. The molecule has 0 radical (unpaired) electrons. The summed E-state index contributed by atoms with van der Waals surface area (Å²) in [5, 5.41) is 16.6. The highest BCUT2D eigenvalue weighted by atomic mass is 35.5. The minimum atomic E-state index is -1.30. The molecule has 14 heavy (non-hydrogen) atoms. The number of aromatic amines is 1. The molecule has 4 nitrogen and oxygen atoms in total. The lowest BCUT2D eigenvalue weighted by Crippen LogP contribution is -2.22. The third kappa shape index (κ3) is 1.64. The van der Waals surface area contributed by atoms with Crippen molar-refractivity contribution in [2.24, 2.45) is 0 Å². The maximum Gasteiger partial charge on any atom is 0.108 e. The number of carbonyl (C=O) groups is 1. The highest BCUT2D eigenvalue weighted by Gasteiger charge is 2.06. The number of halogens is 1. The first-order valence-corrected chi connectivity index (χ1v) is 4.89. The minimum absolute atomic E-state index is 0.107. The Morgan fingerprint density at radius 3 is 2.86 bits per heavy atom. The summed E-state index contributed by atoms with van der Waals surface area (Å²) >= 11 is 7.08. The zero-order valence-electron chi connectivity index (χ0n) is 6.78. The van der Waals surface area contributed by atoms with Crippen molar-refractivity contribution in [2.75, 3.05) is 0 Å². The van der Waals surface area contributed by atoms with Crippen molar-refractivity contribution in [2.45, 2.75) is 0 Å². The third-order valence-electron chi connectivity index (χ3n) is 1.63. The molecule has 0 aliphatic heterocycles. The fourth-order valence-electron chi connectivity index (χ4n) is 1.01. The van der Waals surface area contributed by atoms with Gasteiger partial charge in [-0.2, -0.15) is 5.10 Å². The van der Waals surface area contributed by atoms with Gasteiger partial charge in [0.25, 0.3) is 0 Å². The van der Waals surface area contributed by atoms with E-state index in [-0.39, 0.29) is 5.69 Å². The predicted octanol–water partition coefficient (Wildman–Crippen LogP) is 1.16. The average molecular weight is 228 g/mol. The van der Waals surface area contributed by atoms with Crippen LogP contribution in [0, 0.1) is 0 Å². The molecule has 0 unspecified atom stereocenters. The zero-order valence-corrected chi connectivity index (χ0v) is 8.35. The van der Waals surface area contributed by atoms with Crippen molar-refractivity contribution < 1.29 is 9.90 Å². The van der Waals surface area contributed by atoms with E-state index in [1.807, 2.05) is 0 Å². The summed E-state index contributed by atoms with van der Waals surface area (Å²) in [5.74, 6) is -1.30. The van der Waals surface area contributed by atoms with Crippen LogP contribution in [0.4, 0.5) is 0 Å². The monoisotopic (exact) mass is 227 g/mol. The van der Waals surface area contributed by atoms with Gasteiger partial charge in [0.05, 0.1) is 20.9 Å². The van der Waals surface area contributed by atoms with Crippen LogP contribution in [0.1, 0.15) is 10.5 Å². The second-order valence-corrected chi connectivity index (χ2v) is 4.27. The second kappa shape index (κ2) is 3.43. The minimum Gasteiger partial charge on any atom is -0.543 e. The van der Waals surface area contributed by atoms with Crippen LogP contribution in [0.3, 0.4) is 0 Å². The molecule has 0 saturated carbocycles. The molecule has 2 rings (SSSR count). The number of nitrogens with one attached hydrogen (secondary N) is 1. The number of carbonyl (C=O) groups excluding carboxylic acids is 1. The number of hydrogen-bond donors (Lipinski definition) is 1. The van der Waals surface area contributed by atoms with E-state index in [2.05, 4.69) is 10.2 Å². The standard InChI is InChI=1S/C8H5ClN2O2S/c9-7-2-1-6(14-7)4-3-5(8(12)13)11-10-4/h1-3H,(H,10,11)(H,12,13)/p-1. The molecule has 1 N–H and O–H groups in total. The van der Waals surface area contributed by atoms with Crippen LogP contribution in [0.2, 0.25) is 4.34 Å². The lowest BCUT2D eigenvalue weighted by Gasteiger charge is -1.91. The molecule has 0 aliphatic rings. The summed E-state index contributed by atoms with van der Waals surface area (Å²) in [7, 11) is 0. The first-order chi connectivity index (χ1) is 6.66. The molecule has 0 saturated heterocycles. The Morgan fingerprint density at radius 1 is 1.57 bits per heavy atom. The molecule has 0 amide bonds. The molecule has 2 aromatic heterocycles. The fourth-order valence-corrected chi connectivity index (χ4v) is 2.02. The number of hydrogen-bond acceptors (Lipinski definition) is 4. The molecule has 72 valence electrons. The number of carboxylic acid groups (broad SMARTS) is 1. The third-order valence-corrected chi connectivity index (χ3v) is 2.89. The highest BCUT2D eigenvalue weighted by Crippen LogP contribution is 2.29. The summed E-state index contributed by atoms with van der Waals surface area (Å²) in [6, 6.07) is 4.94. The van der Waals surface area contributed by atoms with Gasteiger partial charge in [0.2, 0.25) is 0 Å². The molecule has 0 spiro atoms. The summed E-state index contributed by atoms with van der Waals surface area (Å²) in [6.07, 6.45) is 0. The lowest BCUT2D eigenvalue weighted by molar-refractivity contribution is -0.255. The molecule has 0 aromatic carbocycles. The van der Waals surface area contributed by atoms with Gasteiger partial charge in [0.1, 0.15) is 5.69 Å². The topological polar surface area (TPSA) is 68.8 Å². The van der Waals surface area contributed by atoms with Gasteiger partial charge in [-0.1, -0.05) is 11.6 Å². The van der Waals surface area contributed by atoms with E-state index in [4.69, 9.17) is 11.6 Å². The maximum atomic E-state index is 10.4. The van der Waals surface area contributed by atoms with Gasteiger partial charge in [0, 0.05) is 0 Å². The predicted molar refractivity (Wildman–Crippen MR) is 51.2 cm³/mol. The normalized spacial score (nSPS) is 10.4. The number of thiophene rings is 1. The Hall–Kier alpha value is -1.33. The summed E-state index contributed by atoms with van der Waals surface area (Å²) in [4.78, 5) is 11.3. The molecule has 6 heteroatoms. The van der Waals surface area contributed by atoms with Crippen LogP contribution in [0.15, 0.2) is 18.2 Å². The van der Waals surface area contributed by atoms with Crippen LogP contribution in [-0.4, -0.2) is 16.2 Å². The number of aromatic nitrogens is 2. The number of aromatic carboxylic acids is 1. The SMILES string of the molecule is O=C([O-])c1cc(-c2ccc(Cl)s2)[nH]n1. The smallest absolute Gasteiger partial charge is 0.108 e. The van der Waals surface area contributed by atoms with Crippen molar-refractivity contribution in [1.29, 1.82) is 0 Å². The van der Waals surface area contributed by atoms with Crippen LogP contribution < -0.4 is 5.11 Å². The molecule has 2 heterocycles. The molecular weight excluding hydrogens is 224 g/mol. The summed E-state index contributed by atoms with van der Waals surface area (Å²) in [6.45, 7) is 0. The number of H-pyrrole nitrogens is 1. The molecule has 0 atom stereocenters. The Morgan fingerprint density at radius 2 is 2.36 bits per heavy atom. The van der Waals surface area contributed by atoms with Crippen molar-refractivity contribution in [3.63, 3.8) is 0 Å². The Labute approximate surface area is 88.2 Å². The van der Waals surface area contributed by atoms with E-state index in [9.17, 15) is 9.90 Å². The van der Waals surface area contributed by atoms with Crippen LogP contribution >= 0.6 is 22.9 Å². The Kier molecular flexibility index (Phi) is 2.26. The molecular formula is C8H4ClN2O2S-. The molecule has 2 aromatic rings. The van der Waals surface area contributed by atoms with E-state index in [1.54, 1.807) is 12.1 Å². The second-order valence-electron chi connectivity index (χ2n) is 2.56. The van der Waals surface area contributed by atoms with Crippen molar-refractivity contribution in [3.05, 3.63) is 28.2 Å². The summed E-state index contributed by atoms with van der Waals surface area (Å²) in [5.41, 5.74) is 0.519. The van der Waals surface area contributed by atoms with Crippen molar-refractivity contribution in [3.8, 4) is 10.6 Å². The first kappa shape index (κ1) is 9.23. The largest absolute Gasteiger partial charge is 0.543 e. The quantitative estimate of drug-likeness (QED) is 0.837. The van der Waals surface area contributed by atoms with E-state index < -0.39 is 5.97 Å². The summed E-state index contributed by atoms with van der Waals surface area (Å²) < 4.78 is 0.643. The van der Waals surface area contributed by atoms with Gasteiger partial charge in [-0.3, -0.25) is 5.10 Å². The van der Waals surface area contributed by atoms with E-state index in [1.165, 1.54) is 17.4 Å². The number of carboxylic acids is 1. The highest BCUT2D eigenvalue weighted by molar-refractivity contribution is 7.19. The Balaban J connectivity index is 2.38. The van der Waals surface area contributed by atoms with Gasteiger partial charge < -0.3 is 9.90 Å². The van der Waals surface area contributed by atoms with Crippen LogP contribution in [0.25, 0.3) is 10.6 Å². The molecule has 0 bridgehead atoms. The van der Waals surface area contributed by atoms with Gasteiger partial charge in [-0.25, -0.2) is 0 Å². The first-order valence-electron chi connectivity index (χ1n) is 3.69.